The van der Waals surface area contributed by atoms with Crippen LogP contribution in [0.3, 0.4) is 0 Å². The monoisotopic (exact) mass is 263 g/mol. The van der Waals surface area contributed by atoms with Crippen LogP contribution >= 0.6 is 11.3 Å². The number of hydrogen-bond donors (Lipinski definition) is 3. The van der Waals surface area contributed by atoms with Crippen molar-refractivity contribution in [3.05, 3.63) is 23.2 Å². The summed E-state index contributed by atoms with van der Waals surface area (Å²) in [5.74, 6) is -0.174. The Balaban J connectivity index is 1.85. The number of aliphatic hydroxyl groups is 1. The van der Waals surface area contributed by atoms with Gasteiger partial charge >= 0.3 is 0 Å². The van der Waals surface area contributed by atoms with E-state index in [2.05, 4.69) is 10.3 Å². The summed E-state index contributed by atoms with van der Waals surface area (Å²) >= 11 is 1.35. The normalized spacial score (nSPS) is 22.7. The number of carbonyl (C=O) groups excluding carboxylic acids is 1. The quantitative estimate of drug-likeness (QED) is 0.758. The van der Waals surface area contributed by atoms with Crippen LogP contribution < -0.4 is 11.1 Å². The fraction of sp³-hybridized carbons (Fsp3) is 0.333. The number of rotatable bonds is 2. The van der Waals surface area contributed by atoms with E-state index >= 15 is 0 Å². The van der Waals surface area contributed by atoms with Crippen molar-refractivity contribution in [1.82, 2.24) is 10.3 Å². The van der Waals surface area contributed by atoms with Crippen LogP contribution in [0.15, 0.2) is 18.3 Å². The number of aromatic nitrogens is 1. The molecular weight excluding hydrogens is 250 g/mol. The summed E-state index contributed by atoms with van der Waals surface area (Å²) in [4.78, 5) is 16.7. The van der Waals surface area contributed by atoms with Gasteiger partial charge in [0, 0.05) is 12.2 Å². The number of fused-ring (bicyclic) bond motifs is 1. The zero-order chi connectivity index (χ0) is 12.7. The standard InChI is InChI=1S/C12H13N3O2S/c13-9-10-8(2-1-3-14-10)18-11(9)12(17)15-6-4-7(16)5-6/h1-3,6-7,16H,4-5,13H2,(H,15,17). The highest BCUT2D eigenvalue weighted by Crippen LogP contribution is 2.32. The molecule has 2 aromatic heterocycles. The smallest absolute Gasteiger partial charge is 0.263 e. The Morgan fingerprint density at radius 1 is 1.56 bits per heavy atom. The van der Waals surface area contributed by atoms with Crippen molar-refractivity contribution in [2.75, 3.05) is 5.73 Å². The summed E-state index contributed by atoms with van der Waals surface area (Å²) in [5, 5.41) is 12.1. The Hall–Kier alpha value is -1.66. The molecule has 5 nitrogen and oxygen atoms in total. The van der Waals surface area contributed by atoms with Crippen LogP contribution in [0.1, 0.15) is 22.5 Å². The number of nitrogens with one attached hydrogen (secondary N) is 1. The van der Waals surface area contributed by atoms with Crippen molar-refractivity contribution in [2.24, 2.45) is 0 Å². The molecule has 1 aliphatic rings. The first-order valence-electron chi connectivity index (χ1n) is 5.77. The van der Waals surface area contributed by atoms with Gasteiger partial charge in [0.1, 0.15) is 10.4 Å². The van der Waals surface area contributed by atoms with E-state index in [1.807, 2.05) is 12.1 Å². The molecule has 3 rings (SSSR count). The first-order valence-corrected chi connectivity index (χ1v) is 6.58. The lowest BCUT2D eigenvalue weighted by atomic mass is 9.89. The molecule has 0 aliphatic heterocycles. The molecule has 0 unspecified atom stereocenters. The minimum atomic E-state index is -0.281. The number of thiophene rings is 1. The number of hydrogen-bond acceptors (Lipinski definition) is 5. The van der Waals surface area contributed by atoms with E-state index < -0.39 is 0 Å². The molecule has 6 heteroatoms. The fourth-order valence-electron chi connectivity index (χ4n) is 2.07. The molecule has 0 saturated heterocycles. The molecule has 18 heavy (non-hydrogen) atoms. The Morgan fingerprint density at radius 3 is 3.00 bits per heavy atom. The molecule has 2 aromatic rings. The number of aliphatic hydroxyl groups excluding tert-OH is 1. The second kappa shape index (κ2) is 4.22. The third-order valence-corrected chi connectivity index (χ3v) is 4.30. The highest BCUT2D eigenvalue weighted by molar-refractivity contribution is 7.21. The topological polar surface area (TPSA) is 88.2 Å². The van der Waals surface area contributed by atoms with Gasteiger partial charge < -0.3 is 16.2 Å². The minimum absolute atomic E-state index is 0.0603. The molecule has 2 heterocycles. The van der Waals surface area contributed by atoms with Crippen molar-refractivity contribution < 1.29 is 9.90 Å². The fourth-order valence-corrected chi connectivity index (χ4v) is 3.06. The molecule has 1 saturated carbocycles. The van der Waals surface area contributed by atoms with E-state index in [0.29, 0.717) is 28.9 Å². The number of nitrogen functional groups attached to an aromatic ring is 1. The largest absolute Gasteiger partial charge is 0.396 e. The Labute approximate surface area is 108 Å². The van der Waals surface area contributed by atoms with Crippen molar-refractivity contribution >= 4 is 33.1 Å². The van der Waals surface area contributed by atoms with Gasteiger partial charge in [0.2, 0.25) is 0 Å². The number of nitrogens with zero attached hydrogens (tertiary/aromatic N) is 1. The van der Waals surface area contributed by atoms with Crippen LogP contribution in [0.2, 0.25) is 0 Å². The first-order chi connectivity index (χ1) is 8.65. The van der Waals surface area contributed by atoms with E-state index in [-0.39, 0.29) is 18.1 Å². The molecule has 0 spiro atoms. The molecule has 1 aliphatic carbocycles. The van der Waals surface area contributed by atoms with Gasteiger partial charge in [-0.25, -0.2) is 0 Å². The van der Waals surface area contributed by atoms with Gasteiger partial charge in [-0.15, -0.1) is 11.3 Å². The maximum atomic E-state index is 12.1. The SMILES string of the molecule is Nc1c(C(=O)NC2CC(O)C2)sc2cccnc12. The maximum absolute atomic E-state index is 12.1. The van der Waals surface area contributed by atoms with Gasteiger partial charge in [0.05, 0.1) is 16.5 Å². The summed E-state index contributed by atoms with van der Waals surface area (Å²) in [6.07, 6.45) is 2.62. The van der Waals surface area contributed by atoms with E-state index in [1.54, 1.807) is 6.20 Å². The number of nitrogens with two attached hydrogens (primary N) is 1. The van der Waals surface area contributed by atoms with Crippen molar-refractivity contribution in [3.63, 3.8) is 0 Å². The summed E-state index contributed by atoms with van der Waals surface area (Å²) in [7, 11) is 0. The molecule has 0 aromatic carbocycles. The lowest BCUT2D eigenvalue weighted by molar-refractivity contribution is 0.0565. The van der Waals surface area contributed by atoms with Crippen LogP contribution in [0.5, 0.6) is 0 Å². The van der Waals surface area contributed by atoms with Crippen LogP contribution in [-0.4, -0.2) is 28.1 Å². The second-order valence-corrected chi connectivity index (χ2v) is 5.54. The van der Waals surface area contributed by atoms with Crippen LogP contribution in [-0.2, 0) is 0 Å². The van der Waals surface area contributed by atoms with Crippen LogP contribution in [0, 0.1) is 0 Å². The number of anilines is 1. The third kappa shape index (κ3) is 1.83. The Kier molecular flexibility index (Phi) is 2.68. The molecule has 0 atom stereocenters. The van der Waals surface area contributed by atoms with Gasteiger partial charge in [0.25, 0.3) is 5.91 Å². The number of carbonyl (C=O) groups is 1. The summed E-state index contributed by atoms with van der Waals surface area (Å²) in [5.41, 5.74) is 7.06. The number of pyridine rings is 1. The molecule has 1 amide bonds. The first kappa shape index (κ1) is 11.4. The van der Waals surface area contributed by atoms with Gasteiger partial charge in [-0.2, -0.15) is 0 Å². The molecule has 0 radical (unpaired) electrons. The molecule has 1 fully saturated rings. The molecule has 0 bridgehead atoms. The highest BCUT2D eigenvalue weighted by atomic mass is 32.1. The summed E-state index contributed by atoms with van der Waals surface area (Å²) in [6, 6.07) is 3.78. The predicted molar refractivity (Wildman–Crippen MR) is 70.5 cm³/mol. The van der Waals surface area contributed by atoms with Crippen LogP contribution in [0.25, 0.3) is 10.2 Å². The highest BCUT2D eigenvalue weighted by Gasteiger charge is 2.29. The van der Waals surface area contributed by atoms with Gasteiger partial charge in [-0.05, 0) is 25.0 Å². The van der Waals surface area contributed by atoms with Gasteiger partial charge in [0.15, 0.2) is 0 Å². The number of amides is 1. The zero-order valence-corrected chi connectivity index (χ0v) is 10.4. The van der Waals surface area contributed by atoms with E-state index in [0.717, 1.165) is 4.70 Å². The lowest BCUT2D eigenvalue weighted by Crippen LogP contribution is -2.46. The Bertz CT molecular complexity index is 604. The predicted octanol–water partition coefficient (Wildman–Crippen LogP) is 1.13. The second-order valence-electron chi connectivity index (χ2n) is 4.49. The van der Waals surface area contributed by atoms with Gasteiger partial charge in [-0.3, -0.25) is 9.78 Å². The van der Waals surface area contributed by atoms with Crippen molar-refractivity contribution in [1.29, 1.82) is 0 Å². The molecule has 4 N–H and O–H groups in total. The maximum Gasteiger partial charge on any atom is 0.263 e. The van der Waals surface area contributed by atoms with E-state index in [4.69, 9.17) is 5.73 Å². The molecule has 94 valence electrons. The minimum Gasteiger partial charge on any atom is -0.396 e. The van der Waals surface area contributed by atoms with Crippen molar-refractivity contribution in [3.8, 4) is 0 Å². The van der Waals surface area contributed by atoms with Crippen LogP contribution in [0.4, 0.5) is 5.69 Å². The summed E-state index contributed by atoms with van der Waals surface area (Å²) in [6.45, 7) is 0. The van der Waals surface area contributed by atoms with Gasteiger partial charge in [-0.1, -0.05) is 0 Å². The van der Waals surface area contributed by atoms with E-state index in [9.17, 15) is 9.90 Å². The average molecular weight is 263 g/mol. The van der Waals surface area contributed by atoms with Crippen molar-refractivity contribution in [2.45, 2.75) is 25.0 Å². The third-order valence-electron chi connectivity index (χ3n) is 3.14. The average Bonchev–Trinajstić information content (AvgIpc) is 2.66. The Morgan fingerprint density at radius 2 is 2.33 bits per heavy atom. The lowest BCUT2D eigenvalue weighted by Gasteiger charge is -2.31. The summed E-state index contributed by atoms with van der Waals surface area (Å²) < 4.78 is 0.911. The molecular formula is C12H13N3O2S. The zero-order valence-electron chi connectivity index (χ0n) is 9.59. The van der Waals surface area contributed by atoms with E-state index in [1.165, 1.54) is 11.3 Å².